The molecule has 0 radical (unpaired) electrons. The maximum Gasteiger partial charge on any atom is 0.305 e. The minimum absolute atomic E-state index is 0.0529. The molecule has 1 aromatic rings. The number of hydrogen-bond donors (Lipinski definition) is 1. The number of morpholine rings is 1. The third-order valence-corrected chi connectivity index (χ3v) is 3.71. The van der Waals surface area contributed by atoms with Crippen LogP contribution in [0.4, 0.5) is 0 Å². The zero-order chi connectivity index (χ0) is 15.9. The van der Waals surface area contributed by atoms with E-state index in [1.165, 1.54) is 10.5 Å². The number of carbonyl (C=O) groups is 2. The van der Waals surface area contributed by atoms with Crippen LogP contribution in [0.3, 0.4) is 0 Å². The van der Waals surface area contributed by atoms with Crippen LogP contribution in [-0.2, 0) is 20.9 Å². The fourth-order valence-corrected chi connectivity index (χ4v) is 2.46. The van der Waals surface area contributed by atoms with Crippen LogP contribution in [0.1, 0.15) is 12.0 Å². The highest BCUT2D eigenvalue weighted by Gasteiger charge is 2.28. The molecule has 0 spiro atoms. The molecule has 1 heterocycles. The second-order valence-corrected chi connectivity index (χ2v) is 5.48. The van der Waals surface area contributed by atoms with E-state index in [9.17, 15) is 9.59 Å². The number of carboxylic acids is 1. The highest BCUT2D eigenvalue weighted by Crippen LogP contribution is 2.12. The number of hydrogen-bond acceptors (Lipinski definition) is 4. The van der Waals surface area contributed by atoms with Crippen molar-refractivity contribution in [3.63, 3.8) is 0 Å². The maximum atomic E-state index is 12.3. The third kappa shape index (κ3) is 4.82. The van der Waals surface area contributed by atoms with Crippen molar-refractivity contribution in [2.24, 2.45) is 0 Å². The molecule has 0 saturated carbocycles. The van der Waals surface area contributed by atoms with Gasteiger partial charge in [0.25, 0.3) is 5.91 Å². The van der Waals surface area contributed by atoms with Crippen LogP contribution in [0, 0.1) is 0 Å². The molecule has 1 atom stereocenters. The molecule has 1 aliphatic heterocycles. The number of nitrogens with zero attached hydrogens (tertiary/aromatic N) is 2. The summed E-state index contributed by atoms with van der Waals surface area (Å²) >= 11 is 0. The zero-order valence-corrected chi connectivity index (χ0v) is 12.8. The molecule has 6 nitrogen and oxygen atoms in total. The smallest absolute Gasteiger partial charge is 0.305 e. The average Bonchev–Trinajstić information content (AvgIpc) is 2.53. The third-order valence-electron chi connectivity index (χ3n) is 3.71. The first kappa shape index (κ1) is 16.5. The number of benzene rings is 1. The summed E-state index contributed by atoms with van der Waals surface area (Å²) in [5, 5.41) is 8.68. The van der Waals surface area contributed by atoms with Gasteiger partial charge in [0.2, 0.25) is 0 Å². The molecule has 1 amide bonds. The summed E-state index contributed by atoms with van der Waals surface area (Å²) in [5.41, 5.74) is 1.20. The number of amides is 1. The molecule has 2 rings (SSSR count). The lowest BCUT2D eigenvalue weighted by Crippen LogP contribution is -2.50. The van der Waals surface area contributed by atoms with E-state index >= 15 is 0 Å². The molecule has 1 fully saturated rings. The van der Waals surface area contributed by atoms with E-state index in [0.717, 1.165) is 13.1 Å². The lowest BCUT2D eigenvalue weighted by atomic mass is 10.2. The molecule has 0 aromatic heterocycles. The predicted molar refractivity (Wildman–Crippen MR) is 81.3 cm³/mol. The first-order valence-corrected chi connectivity index (χ1v) is 7.41. The Balaban J connectivity index is 1.87. The fraction of sp³-hybridized carbons (Fsp3) is 0.500. The monoisotopic (exact) mass is 306 g/mol. The summed E-state index contributed by atoms with van der Waals surface area (Å²) in [7, 11) is 1.62. The molecule has 120 valence electrons. The van der Waals surface area contributed by atoms with Crippen molar-refractivity contribution in [1.29, 1.82) is 0 Å². The second-order valence-electron chi connectivity index (χ2n) is 5.48. The standard InChI is InChI=1S/C16H22N2O4/c1-17(8-7-15(19)20)16(21)14-12-18(9-10-22-14)11-13-5-3-2-4-6-13/h2-6,14H,7-12H2,1H3,(H,19,20)/t14-/m1/s1. The Morgan fingerprint density at radius 2 is 2.09 bits per heavy atom. The van der Waals surface area contributed by atoms with Gasteiger partial charge >= 0.3 is 5.97 Å². The van der Waals surface area contributed by atoms with Gasteiger partial charge in [0.05, 0.1) is 13.0 Å². The predicted octanol–water partition coefficient (Wildman–Crippen LogP) is 0.821. The number of carboxylic acid groups (broad SMARTS) is 1. The Morgan fingerprint density at radius 1 is 1.36 bits per heavy atom. The molecule has 1 N–H and O–H groups in total. The Labute approximate surface area is 130 Å². The van der Waals surface area contributed by atoms with Gasteiger partial charge < -0.3 is 14.7 Å². The summed E-state index contributed by atoms with van der Waals surface area (Å²) in [6.07, 6.45) is -0.570. The number of aliphatic carboxylic acids is 1. The van der Waals surface area contributed by atoms with Gasteiger partial charge in [-0.1, -0.05) is 30.3 Å². The molecule has 6 heteroatoms. The second kappa shape index (κ2) is 7.91. The summed E-state index contributed by atoms with van der Waals surface area (Å²) in [4.78, 5) is 26.5. The van der Waals surface area contributed by atoms with Gasteiger partial charge in [-0.25, -0.2) is 0 Å². The lowest BCUT2D eigenvalue weighted by Gasteiger charge is -2.34. The Morgan fingerprint density at radius 3 is 2.77 bits per heavy atom. The van der Waals surface area contributed by atoms with Crippen LogP contribution in [0.2, 0.25) is 0 Å². The van der Waals surface area contributed by atoms with E-state index in [-0.39, 0.29) is 18.9 Å². The van der Waals surface area contributed by atoms with Gasteiger partial charge in [0.1, 0.15) is 6.10 Å². The number of likely N-dealkylation sites (N-methyl/N-ethyl adjacent to an activating group) is 1. The first-order valence-electron chi connectivity index (χ1n) is 7.41. The van der Waals surface area contributed by atoms with Crippen LogP contribution < -0.4 is 0 Å². The molecule has 1 aliphatic rings. The largest absolute Gasteiger partial charge is 0.481 e. The fourth-order valence-electron chi connectivity index (χ4n) is 2.46. The van der Waals surface area contributed by atoms with Crippen molar-refractivity contribution in [2.45, 2.75) is 19.1 Å². The van der Waals surface area contributed by atoms with Crippen molar-refractivity contribution < 1.29 is 19.4 Å². The maximum absolute atomic E-state index is 12.3. The molecule has 22 heavy (non-hydrogen) atoms. The summed E-state index contributed by atoms with van der Waals surface area (Å²) in [6, 6.07) is 10.1. The molecule has 0 aliphatic carbocycles. The van der Waals surface area contributed by atoms with Crippen LogP contribution in [-0.4, -0.2) is 66.2 Å². The number of carbonyl (C=O) groups excluding carboxylic acids is 1. The van der Waals surface area contributed by atoms with Gasteiger partial charge in [0, 0.05) is 33.2 Å². The van der Waals surface area contributed by atoms with E-state index in [1.54, 1.807) is 7.05 Å². The molecule has 1 saturated heterocycles. The van der Waals surface area contributed by atoms with Crippen molar-refractivity contribution in [3.05, 3.63) is 35.9 Å². The Hall–Kier alpha value is -1.92. The summed E-state index contributed by atoms with van der Waals surface area (Å²) in [5.74, 6) is -1.06. The van der Waals surface area contributed by atoms with Gasteiger partial charge in [-0.2, -0.15) is 0 Å². The SMILES string of the molecule is CN(CCC(=O)O)C(=O)[C@H]1CN(Cc2ccccc2)CCO1. The van der Waals surface area contributed by atoms with E-state index in [1.807, 2.05) is 18.2 Å². The van der Waals surface area contributed by atoms with Gasteiger partial charge in [-0.05, 0) is 5.56 Å². The van der Waals surface area contributed by atoms with E-state index in [2.05, 4.69) is 17.0 Å². The first-order chi connectivity index (χ1) is 10.6. The normalized spacial score (nSPS) is 18.9. The van der Waals surface area contributed by atoms with Crippen molar-refractivity contribution in [1.82, 2.24) is 9.80 Å². The van der Waals surface area contributed by atoms with Crippen LogP contribution in [0.15, 0.2) is 30.3 Å². The average molecular weight is 306 g/mol. The van der Waals surface area contributed by atoms with Crippen molar-refractivity contribution >= 4 is 11.9 Å². The van der Waals surface area contributed by atoms with Gasteiger partial charge in [0.15, 0.2) is 0 Å². The lowest BCUT2D eigenvalue weighted by molar-refractivity contribution is -0.149. The minimum atomic E-state index is -0.907. The van der Waals surface area contributed by atoms with E-state index in [0.29, 0.717) is 13.2 Å². The minimum Gasteiger partial charge on any atom is -0.481 e. The molecular weight excluding hydrogens is 284 g/mol. The van der Waals surface area contributed by atoms with E-state index in [4.69, 9.17) is 9.84 Å². The van der Waals surface area contributed by atoms with Crippen molar-refractivity contribution in [2.75, 3.05) is 33.3 Å². The quantitative estimate of drug-likeness (QED) is 0.842. The van der Waals surface area contributed by atoms with Crippen LogP contribution in [0.25, 0.3) is 0 Å². The summed E-state index contributed by atoms with van der Waals surface area (Å²) in [6.45, 7) is 2.82. The Bertz CT molecular complexity index is 506. The molecule has 1 aromatic carbocycles. The van der Waals surface area contributed by atoms with Gasteiger partial charge in [-0.3, -0.25) is 14.5 Å². The number of rotatable bonds is 6. The topological polar surface area (TPSA) is 70.1 Å². The molecule has 0 bridgehead atoms. The van der Waals surface area contributed by atoms with Crippen molar-refractivity contribution in [3.8, 4) is 0 Å². The Kier molecular flexibility index (Phi) is 5.91. The van der Waals surface area contributed by atoms with E-state index < -0.39 is 12.1 Å². The summed E-state index contributed by atoms with van der Waals surface area (Å²) < 4.78 is 5.56. The highest BCUT2D eigenvalue weighted by molar-refractivity contribution is 5.81. The van der Waals surface area contributed by atoms with Crippen LogP contribution in [0.5, 0.6) is 0 Å². The van der Waals surface area contributed by atoms with Crippen LogP contribution >= 0.6 is 0 Å². The zero-order valence-electron chi connectivity index (χ0n) is 12.8. The van der Waals surface area contributed by atoms with Gasteiger partial charge in [-0.15, -0.1) is 0 Å². The molecule has 0 unspecified atom stereocenters. The molecular formula is C16H22N2O4. The highest BCUT2D eigenvalue weighted by atomic mass is 16.5. The number of ether oxygens (including phenoxy) is 1.